The fourth-order valence-corrected chi connectivity index (χ4v) is 2.75. The van der Waals surface area contributed by atoms with E-state index in [0.717, 1.165) is 19.4 Å². The number of aliphatic hydroxyl groups excluding tert-OH is 1. The van der Waals surface area contributed by atoms with Gasteiger partial charge in [0.15, 0.2) is 0 Å². The molecule has 1 fully saturated rings. The van der Waals surface area contributed by atoms with E-state index in [0.29, 0.717) is 24.6 Å². The van der Waals surface area contributed by atoms with Crippen LogP contribution in [0.15, 0.2) is 24.3 Å². The van der Waals surface area contributed by atoms with Gasteiger partial charge in [-0.25, -0.2) is 4.39 Å². The summed E-state index contributed by atoms with van der Waals surface area (Å²) in [6.45, 7) is 1.35. The van der Waals surface area contributed by atoms with E-state index >= 15 is 0 Å². The van der Waals surface area contributed by atoms with E-state index in [1.165, 1.54) is 12.5 Å². The molecule has 0 bridgehead atoms. The van der Waals surface area contributed by atoms with Crippen molar-refractivity contribution in [3.8, 4) is 0 Å². The number of benzene rings is 1. The fraction of sp³-hybridized carbons (Fsp3) is 0.600. The van der Waals surface area contributed by atoms with Gasteiger partial charge in [-0.3, -0.25) is 4.90 Å². The molecule has 0 aromatic heterocycles. The highest BCUT2D eigenvalue weighted by molar-refractivity contribution is 5.22. The topological polar surface area (TPSA) is 49.5 Å². The van der Waals surface area contributed by atoms with Gasteiger partial charge in [0.1, 0.15) is 5.82 Å². The molecule has 3 nitrogen and oxygen atoms in total. The Kier molecular flexibility index (Phi) is 5.31. The van der Waals surface area contributed by atoms with Crippen LogP contribution < -0.4 is 5.73 Å². The summed E-state index contributed by atoms with van der Waals surface area (Å²) in [7, 11) is 0. The molecule has 4 heteroatoms. The number of hydrogen-bond acceptors (Lipinski definition) is 3. The molecule has 0 saturated heterocycles. The van der Waals surface area contributed by atoms with Gasteiger partial charge in [0.25, 0.3) is 0 Å². The average Bonchev–Trinajstić information content (AvgIpc) is 2.36. The monoisotopic (exact) mass is 266 g/mol. The van der Waals surface area contributed by atoms with Crippen molar-refractivity contribution < 1.29 is 9.50 Å². The molecule has 2 rings (SSSR count). The first kappa shape index (κ1) is 14.4. The van der Waals surface area contributed by atoms with Crippen LogP contribution in [0, 0.1) is 5.82 Å². The maximum absolute atomic E-state index is 14.0. The molecular weight excluding hydrogens is 243 g/mol. The van der Waals surface area contributed by atoms with E-state index in [9.17, 15) is 4.39 Å². The number of hydrogen-bond donors (Lipinski definition) is 2. The van der Waals surface area contributed by atoms with Gasteiger partial charge in [-0.15, -0.1) is 0 Å². The molecule has 0 aliphatic heterocycles. The molecule has 1 aliphatic carbocycles. The predicted molar refractivity (Wildman–Crippen MR) is 74.2 cm³/mol. The molecule has 3 N–H and O–H groups in total. The Morgan fingerprint density at radius 2 is 2.11 bits per heavy atom. The number of nitrogens with zero attached hydrogens (tertiary/aromatic N) is 1. The molecule has 19 heavy (non-hydrogen) atoms. The third kappa shape index (κ3) is 3.32. The standard InChI is InChI=1S/C15H23FN2O/c16-14-8-2-1-7-13(14)15(11-17)18(9-4-10-19)12-5-3-6-12/h1-2,7-8,12,15,19H,3-6,9-11,17H2. The lowest BCUT2D eigenvalue weighted by Crippen LogP contribution is -2.45. The van der Waals surface area contributed by atoms with Crippen molar-refractivity contribution in [2.45, 2.75) is 37.8 Å². The zero-order chi connectivity index (χ0) is 13.7. The first-order valence-corrected chi connectivity index (χ1v) is 7.09. The Hall–Kier alpha value is -0.970. The van der Waals surface area contributed by atoms with Crippen LogP contribution in [0.3, 0.4) is 0 Å². The van der Waals surface area contributed by atoms with Crippen molar-refractivity contribution in [1.29, 1.82) is 0 Å². The van der Waals surface area contributed by atoms with Crippen LogP contribution in [0.2, 0.25) is 0 Å². The van der Waals surface area contributed by atoms with Crippen LogP contribution in [0.1, 0.15) is 37.3 Å². The summed E-state index contributed by atoms with van der Waals surface area (Å²) >= 11 is 0. The Labute approximate surface area is 114 Å². The molecule has 0 radical (unpaired) electrons. The van der Waals surface area contributed by atoms with Gasteiger partial charge in [0.05, 0.1) is 6.04 Å². The SMILES string of the molecule is NCC(c1ccccc1F)N(CCCO)C1CCC1. The van der Waals surface area contributed by atoms with E-state index in [1.54, 1.807) is 6.07 Å². The molecular formula is C15H23FN2O. The van der Waals surface area contributed by atoms with Crippen LogP contribution in [-0.4, -0.2) is 35.7 Å². The summed E-state index contributed by atoms with van der Waals surface area (Å²) in [6.07, 6.45) is 4.24. The third-order valence-corrected chi connectivity index (χ3v) is 4.01. The Morgan fingerprint density at radius 3 is 2.63 bits per heavy atom. The summed E-state index contributed by atoms with van der Waals surface area (Å²) in [5.74, 6) is -0.189. The van der Waals surface area contributed by atoms with Gasteiger partial charge in [0.2, 0.25) is 0 Å². The molecule has 0 amide bonds. The van der Waals surface area contributed by atoms with Crippen LogP contribution in [-0.2, 0) is 0 Å². The first-order chi connectivity index (χ1) is 9.27. The van der Waals surface area contributed by atoms with E-state index in [1.807, 2.05) is 12.1 Å². The zero-order valence-electron chi connectivity index (χ0n) is 11.3. The Bertz CT molecular complexity index is 395. The van der Waals surface area contributed by atoms with Crippen molar-refractivity contribution in [2.75, 3.05) is 19.7 Å². The summed E-state index contributed by atoms with van der Waals surface area (Å²) in [5.41, 5.74) is 6.57. The van der Waals surface area contributed by atoms with Crippen LogP contribution >= 0.6 is 0 Å². The maximum Gasteiger partial charge on any atom is 0.128 e. The summed E-state index contributed by atoms with van der Waals surface area (Å²) in [4.78, 5) is 2.28. The molecule has 1 aromatic carbocycles. The normalized spacial score (nSPS) is 17.5. The van der Waals surface area contributed by atoms with Gasteiger partial charge >= 0.3 is 0 Å². The zero-order valence-corrected chi connectivity index (χ0v) is 11.3. The van der Waals surface area contributed by atoms with Crippen molar-refractivity contribution in [3.05, 3.63) is 35.6 Å². The van der Waals surface area contributed by atoms with E-state index in [4.69, 9.17) is 10.8 Å². The highest BCUT2D eigenvalue weighted by Gasteiger charge is 2.31. The maximum atomic E-state index is 14.0. The van der Waals surface area contributed by atoms with Crippen molar-refractivity contribution in [1.82, 2.24) is 4.90 Å². The fourth-order valence-electron chi connectivity index (χ4n) is 2.75. The number of rotatable bonds is 7. The minimum absolute atomic E-state index is 0.0851. The van der Waals surface area contributed by atoms with Gasteiger partial charge in [-0.05, 0) is 25.3 Å². The molecule has 106 valence electrons. The lowest BCUT2D eigenvalue weighted by molar-refractivity contribution is 0.0728. The molecule has 1 saturated carbocycles. The average molecular weight is 266 g/mol. The molecule has 1 unspecified atom stereocenters. The van der Waals surface area contributed by atoms with Gasteiger partial charge in [-0.1, -0.05) is 24.6 Å². The summed E-state index contributed by atoms with van der Waals surface area (Å²) in [6, 6.07) is 7.26. The van der Waals surface area contributed by atoms with Crippen molar-refractivity contribution in [3.63, 3.8) is 0 Å². The van der Waals surface area contributed by atoms with Crippen LogP contribution in [0.5, 0.6) is 0 Å². The second kappa shape index (κ2) is 6.98. The minimum atomic E-state index is -0.189. The minimum Gasteiger partial charge on any atom is -0.396 e. The first-order valence-electron chi connectivity index (χ1n) is 7.09. The molecule has 0 heterocycles. The van der Waals surface area contributed by atoms with E-state index < -0.39 is 0 Å². The number of aliphatic hydroxyl groups is 1. The molecule has 1 atom stereocenters. The number of nitrogens with two attached hydrogens (primary N) is 1. The second-order valence-electron chi connectivity index (χ2n) is 5.17. The molecule has 0 spiro atoms. The smallest absolute Gasteiger partial charge is 0.128 e. The lowest BCUT2D eigenvalue weighted by Gasteiger charge is -2.42. The second-order valence-corrected chi connectivity index (χ2v) is 5.17. The van der Waals surface area contributed by atoms with E-state index in [-0.39, 0.29) is 18.5 Å². The van der Waals surface area contributed by atoms with Crippen molar-refractivity contribution in [2.24, 2.45) is 5.73 Å². The summed E-state index contributed by atoms with van der Waals surface area (Å²) < 4.78 is 14.0. The number of halogens is 1. The third-order valence-electron chi connectivity index (χ3n) is 4.01. The lowest BCUT2D eigenvalue weighted by atomic mass is 9.88. The van der Waals surface area contributed by atoms with Crippen molar-refractivity contribution >= 4 is 0 Å². The van der Waals surface area contributed by atoms with Gasteiger partial charge < -0.3 is 10.8 Å². The summed E-state index contributed by atoms with van der Waals surface area (Å²) in [5, 5.41) is 9.04. The predicted octanol–water partition coefficient (Wildman–Crippen LogP) is 2.06. The Morgan fingerprint density at radius 1 is 1.37 bits per heavy atom. The van der Waals surface area contributed by atoms with Crippen LogP contribution in [0.25, 0.3) is 0 Å². The highest BCUT2D eigenvalue weighted by Crippen LogP contribution is 2.32. The van der Waals surface area contributed by atoms with Gasteiger partial charge in [-0.2, -0.15) is 0 Å². The molecule has 1 aromatic rings. The Balaban J connectivity index is 2.18. The largest absolute Gasteiger partial charge is 0.396 e. The quantitative estimate of drug-likeness (QED) is 0.794. The van der Waals surface area contributed by atoms with Crippen LogP contribution in [0.4, 0.5) is 4.39 Å². The van der Waals surface area contributed by atoms with Gasteiger partial charge in [0, 0.05) is 31.3 Å². The van der Waals surface area contributed by atoms with E-state index in [2.05, 4.69) is 4.90 Å². The highest BCUT2D eigenvalue weighted by atomic mass is 19.1. The molecule has 1 aliphatic rings.